The van der Waals surface area contributed by atoms with Crippen molar-refractivity contribution in [2.24, 2.45) is 0 Å². The van der Waals surface area contributed by atoms with Gasteiger partial charge in [0, 0.05) is 12.1 Å². The van der Waals surface area contributed by atoms with Gasteiger partial charge in [-0.25, -0.2) is 9.37 Å². The van der Waals surface area contributed by atoms with E-state index in [4.69, 9.17) is 4.74 Å². The van der Waals surface area contributed by atoms with Gasteiger partial charge in [0.1, 0.15) is 17.1 Å². The number of rotatable bonds is 1. The van der Waals surface area contributed by atoms with E-state index in [1.165, 1.54) is 13.2 Å². The van der Waals surface area contributed by atoms with Crippen LogP contribution in [0.1, 0.15) is 5.82 Å². The number of aromatic nitrogens is 2. The van der Waals surface area contributed by atoms with Crippen LogP contribution in [0.4, 0.5) is 4.39 Å². The van der Waals surface area contributed by atoms with Crippen LogP contribution < -0.4 is 4.74 Å². The molecule has 2 rings (SSSR count). The summed E-state index contributed by atoms with van der Waals surface area (Å²) in [7, 11) is 1.50. The van der Waals surface area contributed by atoms with Crippen molar-refractivity contribution >= 4 is 11.0 Å². The van der Waals surface area contributed by atoms with Gasteiger partial charge in [0.2, 0.25) is 0 Å². The number of hydrogen-bond donors (Lipinski definition) is 1. The highest BCUT2D eigenvalue weighted by molar-refractivity contribution is 5.77. The lowest BCUT2D eigenvalue weighted by molar-refractivity contribution is 0.412. The van der Waals surface area contributed by atoms with Crippen molar-refractivity contribution in [1.82, 2.24) is 9.97 Å². The fraction of sp³-hybridized carbons (Fsp3) is 0.222. The zero-order chi connectivity index (χ0) is 9.42. The van der Waals surface area contributed by atoms with Gasteiger partial charge in [-0.2, -0.15) is 0 Å². The van der Waals surface area contributed by atoms with E-state index in [1.807, 2.05) is 0 Å². The highest BCUT2D eigenvalue weighted by Gasteiger charge is 2.07. The number of aromatic amines is 1. The summed E-state index contributed by atoms with van der Waals surface area (Å²) in [5.74, 6) is 0.828. The molecule has 2 aromatic rings. The number of H-pyrrole nitrogens is 1. The summed E-state index contributed by atoms with van der Waals surface area (Å²) in [6.45, 7) is 1.78. The predicted molar refractivity (Wildman–Crippen MR) is 47.3 cm³/mol. The zero-order valence-electron chi connectivity index (χ0n) is 7.39. The van der Waals surface area contributed by atoms with Gasteiger partial charge in [0.25, 0.3) is 0 Å². The molecule has 0 amide bonds. The van der Waals surface area contributed by atoms with E-state index < -0.39 is 0 Å². The highest BCUT2D eigenvalue weighted by atomic mass is 19.1. The fourth-order valence-corrected chi connectivity index (χ4v) is 1.29. The maximum Gasteiger partial charge on any atom is 0.154 e. The number of hydrogen-bond acceptors (Lipinski definition) is 2. The Balaban J connectivity index is 2.75. The molecule has 1 N–H and O–H groups in total. The Labute approximate surface area is 74.6 Å². The third-order valence-corrected chi connectivity index (χ3v) is 1.87. The molecule has 0 bridgehead atoms. The second kappa shape index (κ2) is 2.73. The van der Waals surface area contributed by atoms with Crippen LogP contribution in [0.25, 0.3) is 11.0 Å². The molecular weight excluding hydrogens is 171 g/mol. The number of fused-ring (bicyclic) bond motifs is 1. The van der Waals surface area contributed by atoms with Gasteiger partial charge in [0.15, 0.2) is 5.82 Å². The van der Waals surface area contributed by atoms with Gasteiger partial charge in [-0.05, 0) is 6.92 Å². The van der Waals surface area contributed by atoms with Crippen molar-refractivity contribution in [2.75, 3.05) is 7.11 Å². The normalized spacial score (nSPS) is 10.7. The molecule has 0 fully saturated rings. The average Bonchev–Trinajstić information content (AvgIpc) is 2.46. The molecule has 3 nitrogen and oxygen atoms in total. The summed E-state index contributed by atoms with van der Waals surface area (Å²) >= 11 is 0. The molecule has 1 heterocycles. The minimum Gasteiger partial charge on any atom is -0.497 e. The lowest BCUT2D eigenvalue weighted by Crippen LogP contribution is -1.85. The first-order valence-electron chi connectivity index (χ1n) is 3.90. The molecule has 0 saturated carbocycles. The summed E-state index contributed by atoms with van der Waals surface area (Å²) in [5, 5.41) is 0. The topological polar surface area (TPSA) is 37.9 Å². The van der Waals surface area contributed by atoms with E-state index in [-0.39, 0.29) is 5.82 Å². The largest absolute Gasteiger partial charge is 0.497 e. The molecule has 13 heavy (non-hydrogen) atoms. The second-order valence-corrected chi connectivity index (χ2v) is 2.83. The van der Waals surface area contributed by atoms with Crippen LogP contribution in [-0.4, -0.2) is 17.1 Å². The van der Waals surface area contributed by atoms with Crippen LogP contribution in [-0.2, 0) is 0 Å². The monoisotopic (exact) mass is 180 g/mol. The molecule has 68 valence electrons. The predicted octanol–water partition coefficient (Wildman–Crippen LogP) is 2.02. The van der Waals surface area contributed by atoms with Crippen LogP contribution in [0, 0.1) is 12.7 Å². The SMILES string of the molecule is COc1cc(F)c2nc(C)[nH]c2c1. The van der Waals surface area contributed by atoms with E-state index >= 15 is 0 Å². The summed E-state index contributed by atoms with van der Waals surface area (Å²) in [6, 6.07) is 3.04. The molecule has 0 aliphatic carbocycles. The van der Waals surface area contributed by atoms with Gasteiger partial charge in [-0.3, -0.25) is 0 Å². The van der Waals surface area contributed by atoms with Crippen molar-refractivity contribution < 1.29 is 9.13 Å². The number of ether oxygens (including phenoxy) is 1. The third kappa shape index (κ3) is 1.24. The molecule has 0 aliphatic rings. The summed E-state index contributed by atoms with van der Waals surface area (Å²) in [4.78, 5) is 6.94. The van der Waals surface area contributed by atoms with Gasteiger partial charge >= 0.3 is 0 Å². The maximum absolute atomic E-state index is 13.3. The number of benzene rings is 1. The quantitative estimate of drug-likeness (QED) is 0.729. The van der Waals surface area contributed by atoms with Crippen LogP contribution in [0.2, 0.25) is 0 Å². The first kappa shape index (κ1) is 8.04. The minimum absolute atomic E-state index is 0.360. The molecule has 0 radical (unpaired) electrons. The van der Waals surface area contributed by atoms with E-state index in [2.05, 4.69) is 9.97 Å². The number of methoxy groups -OCH3 is 1. The van der Waals surface area contributed by atoms with Crippen LogP contribution in [0.15, 0.2) is 12.1 Å². The zero-order valence-corrected chi connectivity index (χ0v) is 7.39. The van der Waals surface area contributed by atoms with Crippen molar-refractivity contribution in [3.63, 3.8) is 0 Å². The second-order valence-electron chi connectivity index (χ2n) is 2.83. The Kier molecular flexibility index (Phi) is 1.69. The van der Waals surface area contributed by atoms with Gasteiger partial charge in [0.05, 0.1) is 12.6 Å². The number of nitrogens with one attached hydrogen (secondary N) is 1. The summed E-state index contributed by atoms with van der Waals surface area (Å²) in [6.07, 6.45) is 0. The highest BCUT2D eigenvalue weighted by Crippen LogP contribution is 2.21. The van der Waals surface area contributed by atoms with E-state index in [0.29, 0.717) is 22.6 Å². The number of aryl methyl sites for hydroxylation is 1. The molecule has 0 atom stereocenters. The standard InChI is InChI=1S/C9H9FN2O/c1-5-11-8-4-6(13-2)3-7(10)9(8)12-5/h3-4H,1-2H3,(H,11,12). The van der Waals surface area contributed by atoms with E-state index in [0.717, 1.165) is 0 Å². The third-order valence-electron chi connectivity index (χ3n) is 1.87. The molecule has 0 spiro atoms. The Bertz CT molecular complexity index is 450. The molecule has 1 aromatic heterocycles. The van der Waals surface area contributed by atoms with E-state index in [1.54, 1.807) is 13.0 Å². The fourth-order valence-electron chi connectivity index (χ4n) is 1.29. The minimum atomic E-state index is -0.362. The van der Waals surface area contributed by atoms with Crippen LogP contribution >= 0.6 is 0 Å². The Morgan fingerprint density at radius 2 is 2.23 bits per heavy atom. The van der Waals surface area contributed by atoms with Crippen molar-refractivity contribution in [3.05, 3.63) is 23.8 Å². The number of imidazole rings is 1. The first-order chi connectivity index (χ1) is 6.20. The Morgan fingerprint density at radius 1 is 1.46 bits per heavy atom. The Morgan fingerprint density at radius 3 is 2.92 bits per heavy atom. The van der Waals surface area contributed by atoms with Crippen molar-refractivity contribution in [2.45, 2.75) is 6.92 Å². The molecule has 0 unspecified atom stereocenters. The molecule has 4 heteroatoms. The molecule has 1 aromatic carbocycles. The smallest absolute Gasteiger partial charge is 0.154 e. The molecular formula is C9H9FN2O. The van der Waals surface area contributed by atoms with Crippen LogP contribution in [0.5, 0.6) is 5.75 Å². The van der Waals surface area contributed by atoms with Crippen molar-refractivity contribution in [1.29, 1.82) is 0 Å². The number of nitrogens with zero attached hydrogens (tertiary/aromatic N) is 1. The molecule has 0 aliphatic heterocycles. The summed E-state index contributed by atoms with van der Waals surface area (Å²) < 4.78 is 18.2. The summed E-state index contributed by atoms with van der Waals surface area (Å²) in [5.41, 5.74) is 1.02. The van der Waals surface area contributed by atoms with Crippen LogP contribution in [0.3, 0.4) is 0 Å². The maximum atomic E-state index is 13.3. The first-order valence-corrected chi connectivity index (χ1v) is 3.90. The van der Waals surface area contributed by atoms with Gasteiger partial charge in [-0.15, -0.1) is 0 Å². The average molecular weight is 180 g/mol. The van der Waals surface area contributed by atoms with E-state index in [9.17, 15) is 4.39 Å². The molecule has 0 saturated heterocycles. The number of halogens is 1. The Hall–Kier alpha value is -1.58. The van der Waals surface area contributed by atoms with Gasteiger partial charge in [-0.1, -0.05) is 0 Å². The van der Waals surface area contributed by atoms with Crippen molar-refractivity contribution in [3.8, 4) is 5.75 Å². The lowest BCUT2D eigenvalue weighted by atomic mass is 10.3. The lowest BCUT2D eigenvalue weighted by Gasteiger charge is -1.98. The van der Waals surface area contributed by atoms with Gasteiger partial charge < -0.3 is 9.72 Å².